The molecular formula is C22H31F3N4O. The fourth-order valence-corrected chi connectivity index (χ4v) is 3.70. The number of aliphatic imine (C=N–C) groups is 1. The van der Waals surface area contributed by atoms with Gasteiger partial charge in [-0.2, -0.15) is 13.2 Å². The molecule has 1 saturated heterocycles. The highest BCUT2D eigenvalue weighted by molar-refractivity contribution is 5.80. The van der Waals surface area contributed by atoms with E-state index in [2.05, 4.69) is 28.1 Å². The van der Waals surface area contributed by atoms with Crippen LogP contribution in [0.5, 0.6) is 0 Å². The lowest BCUT2D eigenvalue weighted by atomic mass is 10.1. The number of nitrogens with one attached hydrogen (secondary N) is 1. The Morgan fingerprint density at radius 3 is 2.47 bits per heavy atom. The van der Waals surface area contributed by atoms with E-state index in [4.69, 9.17) is 9.73 Å². The number of hydrogen-bond donors (Lipinski definition) is 1. The van der Waals surface area contributed by atoms with Crippen molar-refractivity contribution in [3.8, 4) is 0 Å². The van der Waals surface area contributed by atoms with Gasteiger partial charge in [0, 0.05) is 45.8 Å². The zero-order chi connectivity index (χ0) is 21.4. The smallest absolute Gasteiger partial charge is 0.377 e. The number of nitrogens with zero attached hydrogens (tertiary/aromatic N) is 3. The van der Waals surface area contributed by atoms with E-state index >= 15 is 0 Å². The summed E-state index contributed by atoms with van der Waals surface area (Å²) in [6.07, 6.45) is -0.166. The van der Waals surface area contributed by atoms with Crippen LogP contribution >= 0.6 is 0 Å². The van der Waals surface area contributed by atoms with Crippen LogP contribution in [-0.2, 0) is 17.5 Å². The molecule has 0 bridgehead atoms. The van der Waals surface area contributed by atoms with Gasteiger partial charge in [-0.15, -0.1) is 0 Å². The highest BCUT2D eigenvalue weighted by Gasteiger charge is 2.30. The lowest BCUT2D eigenvalue weighted by Crippen LogP contribution is -2.52. The summed E-state index contributed by atoms with van der Waals surface area (Å²) in [5.41, 5.74) is 1.73. The third-order valence-electron chi connectivity index (χ3n) is 5.45. The summed E-state index contributed by atoms with van der Waals surface area (Å²) in [5.74, 6) is 0.944. The summed E-state index contributed by atoms with van der Waals surface area (Å²) in [7, 11) is 0. The van der Waals surface area contributed by atoms with E-state index < -0.39 is 11.7 Å². The minimum absolute atomic E-state index is 0.598. The van der Waals surface area contributed by atoms with Gasteiger partial charge in [0.15, 0.2) is 5.96 Å². The van der Waals surface area contributed by atoms with Crippen molar-refractivity contribution in [3.05, 3.63) is 47.0 Å². The standard InChI is InChI=1S/C22H31F3N4O/c1-2-26-21(27-10-7-18-8-15-30-16-9-18)29-13-11-28(12-14-29)17-19-3-5-20(6-4-19)22(23,24)25/h3-6,8H,2,7,9-17H2,1H3,(H,26,27). The molecule has 2 aliphatic rings. The first-order chi connectivity index (χ1) is 14.5. The second-order valence-electron chi connectivity index (χ2n) is 7.63. The Labute approximate surface area is 176 Å². The average molecular weight is 425 g/mol. The summed E-state index contributed by atoms with van der Waals surface area (Å²) in [5, 5.41) is 3.38. The minimum atomic E-state index is -4.28. The van der Waals surface area contributed by atoms with Crippen LogP contribution in [-0.4, -0.2) is 68.2 Å². The van der Waals surface area contributed by atoms with E-state index in [1.54, 1.807) is 12.1 Å². The fourth-order valence-electron chi connectivity index (χ4n) is 3.70. The van der Waals surface area contributed by atoms with Gasteiger partial charge in [0.1, 0.15) is 0 Å². The summed E-state index contributed by atoms with van der Waals surface area (Å²) in [6.45, 7) is 9.23. The van der Waals surface area contributed by atoms with Gasteiger partial charge in [-0.1, -0.05) is 23.8 Å². The summed E-state index contributed by atoms with van der Waals surface area (Å²) in [4.78, 5) is 9.34. The van der Waals surface area contributed by atoms with E-state index in [0.29, 0.717) is 13.2 Å². The summed E-state index contributed by atoms with van der Waals surface area (Å²) < 4.78 is 43.5. The van der Waals surface area contributed by atoms with Crippen molar-refractivity contribution in [2.24, 2.45) is 4.99 Å². The first-order valence-electron chi connectivity index (χ1n) is 10.6. The summed E-state index contributed by atoms with van der Waals surface area (Å²) in [6, 6.07) is 5.47. The highest BCUT2D eigenvalue weighted by Crippen LogP contribution is 2.29. The van der Waals surface area contributed by atoms with Crippen LogP contribution < -0.4 is 5.32 Å². The van der Waals surface area contributed by atoms with Gasteiger partial charge in [-0.05, 0) is 37.5 Å². The maximum Gasteiger partial charge on any atom is 0.416 e. The SMILES string of the molecule is CCNC(=NCCC1=CCOCC1)N1CCN(Cc2ccc(C(F)(F)F)cc2)CC1. The van der Waals surface area contributed by atoms with Crippen LogP contribution in [0.25, 0.3) is 0 Å². The number of halogens is 3. The molecule has 0 aliphatic carbocycles. The van der Waals surface area contributed by atoms with Crippen molar-refractivity contribution in [1.29, 1.82) is 0 Å². The van der Waals surface area contributed by atoms with Gasteiger partial charge in [0.05, 0.1) is 18.8 Å². The number of alkyl halides is 3. The Balaban J connectivity index is 1.48. The second-order valence-corrected chi connectivity index (χ2v) is 7.63. The molecule has 3 rings (SSSR count). The molecule has 5 nitrogen and oxygen atoms in total. The minimum Gasteiger partial charge on any atom is -0.377 e. The van der Waals surface area contributed by atoms with Crippen molar-refractivity contribution in [3.63, 3.8) is 0 Å². The molecule has 0 atom stereocenters. The van der Waals surface area contributed by atoms with Crippen LogP contribution in [0.1, 0.15) is 30.9 Å². The number of ether oxygens (including phenoxy) is 1. The Kier molecular flexibility index (Phi) is 8.16. The van der Waals surface area contributed by atoms with Gasteiger partial charge >= 0.3 is 6.18 Å². The molecule has 1 aromatic carbocycles. The molecule has 2 heterocycles. The molecular weight excluding hydrogens is 393 g/mol. The normalized spacial score (nSPS) is 19.0. The van der Waals surface area contributed by atoms with Crippen molar-refractivity contribution in [2.45, 2.75) is 32.5 Å². The number of piperazine rings is 1. The summed E-state index contributed by atoms with van der Waals surface area (Å²) >= 11 is 0. The molecule has 0 saturated carbocycles. The van der Waals surface area contributed by atoms with E-state index in [-0.39, 0.29) is 0 Å². The van der Waals surface area contributed by atoms with Gasteiger partial charge in [0.25, 0.3) is 0 Å². The molecule has 30 heavy (non-hydrogen) atoms. The lowest BCUT2D eigenvalue weighted by molar-refractivity contribution is -0.137. The molecule has 1 N–H and O–H groups in total. The average Bonchev–Trinajstić information content (AvgIpc) is 2.74. The first kappa shape index (κ1) is 22.6. The molecule has 0 radical (unpaired) electrons. The molecule has 0 amide bonds. The Bertz CT molecular complexity index is 723. The maximum atomic E-state index is 12.7. The third kappa shape index (κ3) is 6.74. The Morgan fingerprint density at radius 1 is 1.13 bits per heavy atom. The molecule has 8 heteroatoms. The quantitative estimate of drug-likeness (QED) is 0.431. The van der Waals surface area contributed by atoms with Crippen LogP contribution in [0.3, 0.4) is 0 Å². The first-order valence-corrected chi connectivity index (χ1v) is 10.6. The highest BCUT2D eigenvalue weighted by atomic mass is 19.4. The number of benzene rings is 1. The molecule has 0 spiro atoms. The molecule has 2 aliphatic heterocycles. The van der Waals surface area contributed by atoms with Crippen LogP contribution in [0.2, 0.25) is 0 Å². The van der Waals surface area contributed by atoms with Crippen LogP contribution in [0, 0.1) is 0 Å². The molecule has 1 fully saturated rings. The third-order valence-corrected chi connectivity index (χ3v) is 5.45. The molecule has 0 unspecified atom stereocenters. The van der Waals surface area contributed by atoms with Gasteiger partial charge in [-0.3, -0.25) is 9.89 Å². The van der Waals surface area contributed by atoms with Crippen LogP contribution in [0.4, 0.5) is 13.2 Å². The molecule has 0 aromatic heterocycles. The van der Waals surface area contributed by atoms with Gasteiger partial charge in [0.2, 0.25) is 0 Å². The predicted molar refractivity (Wildman–Crippen MR) is 112 cm³/mol. The zero-order valence-electron chi connectivity index (χ0n) is 17.5. The topological polar surface area (TPSA) is 40.1 Å². The Hall–Kier alpha value is -2.06. The second kappa shape index (κ2) is 10.8. The van der Waals surface area contributed by atoms with Crippen molar-refractivity contribution in [1.82, 2.24) is 15.1 Å². The monoisotopic (exact) mass is 424 g/mol. The van der Waals surface area contributed by atoms with Crippen LogP contribution in [0.15, 0.2) is 40.9 Å². The van der Waals surface area contributed by atoms with E-state index in [0.717, 1.165) is 82.4 Å². The van der Waals surface area contributed by atoms with Crippen molar-refractivity contribution >= 4 is 5.96 Å². The van der Waals surface area contributed by atoms with E-state index in [1.165, 1.54) is 5.57 Å². The van der Waals surface area contributed by atoms with E-state index in [9.17, 15) is 13.2 Å². The molecule has 166 valence electrons. The van der Waals surface area contributed by atoms with Gasteiger partial charge in [-0.25, -0.2) is 0 Å². The largest absolute Gasteiger partial charge is 0.416 e. The maximum absolute atomic E-state index is 12.7. The molecule has 1 aromatic rings. The van der Waals surface area contributed by atoms with Gasteiger partial charge < -0.3 is 15.0 Å². The van der Waals surface area contributed by atoms with E-state index in [1.807, 2.05) is 0 Å². The fraction of sp³-hybridized carbons (Fsp3) is 0.591. The number of rotatable bonds is 6. The zero-order valence-corrected chi connectivity index (χ0v) is 17.5. The van der Waals surface area contributed by atoms with Crippen molar-refractivity contribution < 1.29 is 17.9 Å². The number of hydrogen-bond acceptors (Lipinski definition) is 3. The predicted octanol–water partition coefficient (Wildman–Crippen LogP) is 3.53. The Morgan fingerprint density at radius 2 is 1.87 bits per heavy atom. The van der Waals surface area contributed by atoms with Crippen molar-refractivity contribution in [2.75, 3.05) is 52.5 Å². The number of guanidine groups is 1. The lowest BCUT2D eigenvalue weighted by Gasteiger charge is -2.36.